The molecular formula is C14H21BrN2O2S. The van der Waals surface area contributed by atoms with E-state index in [0.29, 0.717) is 13.0 Å². The predicted octanol–water partition coefficient (Wildman–Crippen LogP) is 2.59. The van der Waals surface area contributed by atoms with Gasteiger partial charge >= 0.3 is 0 Å². The van der Waals surface area contributed by atoms with Crippen LogP contribution in [0.2, 0.25) is 0 Å². The van der Waals surface area contributed by atoms with Gasteiger partial charge < -0.3 is 0 Å². The van der Waals surface area contributed by atoms with Gasteiger partial charge in [0.1, 0.15) is 0 Å². The number of nitrogens with zero attached hydrogens (tertiary/aromatic N) is 2. The summed E-state index contributed by atoms with van der Waals surface area (Å²) in [5, 5.41) is 0.718. The molecule has 1 fully saturated rings. The first-order valence-corrected chi connectivity index (χ1v) is 9.82. The molecule has 112 valence electrons. The molecule has 1 aromatic heterocycles. The lowest BCUT2D eigenvalue weighted by Gasteiger charge is -2.27. The lowest BCUT2D eigenvalue weighted by Crippen LogP contribution is -2.42. The molecule has 2 heterocycles. The van der Waals surface area contributed by atoms with E-state index in [1.165, 1.54) is 0 Å². The average Bonchev–Trinajstić information content (AvgIpc) is 2.72. The molecule has 0 saturated carbocycles. The smallest absolute Gasteiger partial charge is 0.214 e. The zero-order chi connectivity index (χ0) is 14.4. The third kappa shape index (κ3) is 4.27. The van der Waals surface area contributed by atoms with Crippen LogP contribution in [0.25, 0.3) is 0 Å². The minimum atomic E-state index is -3.20. The van der Waals surface area contributed by atoms with Crippen molar-refractivity contribution < 1.29 is 8.42 Å². The average molecular weight is 361 g/mol. The fourth-order valence-corrected chi connectivity index (χ4v) is 5.18. The summed E-state index contributed by atoms with van der Waals surface area (Å²) < 4.78 is 26.8. The topological polar surface area (TPSA) is 50.3 Å². The van der Waals surface area contributed by atoms with E-state index in [2.05, 4.69) is 20.9 Å². The van der Waals surface area contributed by atoms with Crippen molar-refractivity contribution in [3.63, 3.8) is 0 Å². The monoisotopic (exact) mass is 360 g/mol. The SMILES string of the molecule is O=S(=O)(CCc1ccccn1)N1CCCCCC1CBr. The van der Waals surface area contributed by atoms with Gasteiger partial charge in [0.05, 0.1) is 5.75 Å². The van der Waals surface area contributed by atoms with Crippen LogP contribution in [0.5, 0.6) is 0 Å². The number of aromatic nitrogens is 1. The van der Waals surface area contributed by atoms with E-state index in [1.54, 1.807) is 10.5 Å². The van der Waals surface area contributed by atoms with Crippen LogP contribution in [0.4, 0.5) is 0 Å². The molecule has 0 aromatic carbocycles. The summed E-state index contributed by atoms with van der Waals surface area (Å²) in [6.07, 6.45) is 6.34. The highest BCUT2D eigenvalue weighted by Gasteiger charge is 2.30. The molecule has 1 saturated heterocycles. The summed E-state index contributed by atoms with van der Waals surface area (Å²) in [7, 11) is -3.20. The first kappa shape index (κ1) is 15.9. The van der Waals surface area contributed by atoms with Crippen molar-refractivity contribution in [3.8, 4) is 0 Å². The molecule has 0 bridgehead atoms. The van der Waals surface area contributed by atoms with E-state index >= 15 is 0 Å². The van der Waals surface area contributed by atoms with Crippen LogP contribution >= 0.6 is 15.9 Å². The van der Waals surface area contributed by atoms with E-state index in [4.69, 9.17) is 0 Å². The van der Waals surface area contributed by atoms with Gasteiger partial charge in [0.2, 0.25) is 10.0 Å². The van der Waals surface area contributed by atoms with Crippen molar-refractivity contribution in [1.29, 1.82) is 0 Å². The van der Waals surface area contributed by atoms with E-state index in [-0.39, 0.29) is 11.8 Å². The van der Waals surface area contributed by atoms with Crippen LogP contribution in [-0.2, 0) is 16.4 Å². The molecule has 1 aromatic rings. The second-order valence-corrected chi connectivity index (χ2v) is 7.84. The van der Waals surface area contributed by atoms with Crippen LogP contribution in [0, 0.1) is 0 Å². The number of alkyl halides is 1. The third-order valence-electron chi connectivity index (χ3n) is 3.70. The summed E-state index contributed by atoms with van der Waals surface area (Å²) >= 11 is 3.46. The molecule has 0 radical (unpaired) electrons. The molecule has 0 amide bonds. The van der Waals surface area contributed by atoms with Gasteiger partial charge in [0.25, 0.3) is 0 Å². The van der Waals surface area contributed by atoms with Crippen molar-refractivity contribution >= 4 is 26.0 Å². The van der Waals surface area contributed by atoms with Crippen molar-refractivity contribution in [2.75, 3.05) is 17.6 Å². The van der Waals surface area contributed by atoms with Gasteiger partial charge in [-0.05, 0) is 25.0 Å². The Hall–Kier alpha value is -0.460. The molecule has 1 atom stereocenters. The molecule has 0 aliphatic carbocycles. The Balaban J connectivity index is 2.04. The van der Waals surface area contributed by atoms with Crippen LogP contribution in [-0.4, -0.2) is 41.4 Å². The van der Waals surface area contributed by atoms with E-state index in [0.717, 1.165) is 36.7 Å². The third-order valence-corrected chi connectivity index (χ3v) is 6.36. The Bertz CT molecular complexity index is 507. The minimum Gasteiger partial charge on any atom is -0.261 e. The summed E-state index contributed by atoms with van der Waals surface area (Å²) in [6.45, 7) is 0.654. The van der Waals surface area contributed by atoms with Crippen molar-refractivity contribution in [2.24, 2.45) is 0 Å². The van der Waals surface area contributed by atoms with Gasteiger partial charge in [0, 0.05) is 36.2 Å². The molecule has 0 N–H and O–H groups in total. The number of sulfonamides is 1. The van der Waals surface area contributed by atoms with Crippen LogP contribution in [0.15, 0.2) is 24.4 Å². The zero-order valence-corrected chi connectivity index (χ0v) is 13.9. The summed E-state index contributed by atoms with van der Waals surface area (Å²) in [5.74, 6) is 0.146. The highest BCUT2D eigenvalue weighted by molar-refractivity contribution is 9.09. The number of hydrogen-bond donors (Lipinski definition) is 0. The first-order valence-electron chi connectivity index (χ1n) is 7.09. The number of aryl methyl sites for hydroxylation is 1. The molecule has 6 heteroatoms. The molecule has 4 nitrogen and oxygen atoms in total. The molecule has 2 rings (SSSR count). The van der Waals surface area contributed by atoms with Gasteiger partial charge in [-0.25, -0.2) is 8.42 Å². The lowest BCUT2D eigenvalue weighted by atomic mass is 10.1. The summed E-state index contributed by atoms with van der Waals surface area (Å²) in [5.41, 5.74) is 0.835. The van der Waals surface area contributed by atoms with E-state index in [1.807, 2.05) is 18.2 Å². The Morgan fingerprint density at radius 1 is 1.30 bits per heavy atom. The normalized spacial score (nSPS) is 21.6. The fourth-order valence-electron chi connectivity index (χ4n) is 2.57. The maximum atomic E-state index is 12.6. The number of hydrogen-bond acceptors (Lipinski definition) is 3. The van der Waals surface area contributed by atoms with Gasteiger partial charge in [0.15, 0.2) is 0 Å². The largest absolute Gasteiger partial charge is 0.261 e. The molecule has 1 unspecified atom stereocenters. The van der Waals surface area contributed by atoms with Crippen LogP contribution in [0.3, 0.4) is 0 Å². The Morgan fingerprint density at radius 3 is 2.85 bits per heavy atom. The van der Waals surface area contributed by atoms with Crippen LogP contribution < -0.4 is 0 Å². The lowest BCUT2D eigenvalue weighted by molar-refractivity contribution is 0.347. The number of rotatable bonds is 5. The predicted molar refractivity (Wildman–Crippen MR) is 84.5 cm³/mol. The second kappa shape index (κ2) is 7.52. The Kier molecular flexibility index (Phi) is 5.99. The number of halogens is 1. The van der Waals surface area contributed by atoms with Gasteiger partial charge in [-0.1, -0.05) is 34.8 Å². The maximum Gasteiger partial charge on any atom is 0.214 e. The molecular weight excluding hydrogens is 340 g/mol. The van der Waals surface area contributed by atoms with Gasteiger partial charge in [-0.15, -0.1) is 0 Å². The number of pyridine rings is 1. The van der Waals surface area contributed by atoms with Crippen LogP contribution in [0.1, 0.15) is 31.4 Å². The van der Waals surface area contributed by atoms with Crippen molar-refractivity contribution in [3.05, 3.63) is 30.1 Å². The van der Waals surface area contributed by atoms with Gasteiger partial charge in [-0.3, -0.25) is 4.98 Å². The Morgan fingerprint density at radius 2 is 2.15 bits per heavy atom. The molecule has 1 aliphatic heterocycles. The second-order valence-electron chi connectivity index (χ2n) is 5.16. The quantitative estimate of drug-likeness (QED) is 0.758. The highest BCUT2D eigenvalue weighted by atomic mass is 79.9. The highest BCUT2D eigenvalue weighted by Crippen LogP contribution is 2.22. The molecule has 20 heavy (non-hydrogen) atoms. The van der Waals surface area contributed by atoms with E-state index < -0.39 is 10.0 Å². The maximum absolute atomic E-state index is 12.6. The van der Waals surface area contributed by atoms with E-state index in [9.17, 15) is 8.42 Å². The molecule has 0 spiro atoms. The summed E-state index contributed by atoms with van der Waals surface area (Å²) in [4.78, 5) is 4.19. The first-order chi connectivity index (χ1) is 9.63. The summed E-state index contributed by atoms with van der Waals surface area (Å²) in [6, 6.07) is 5.71. The Labute approximate surface area is 129 Å². The minimum absolute atomic E-state index is 0.103. The zero-order valence-electron chi connectivity index (χ0n) is 11.5. The van der Waals surface area contributed by atoms with Gasteiger partial charge in [-0.2, -0.15) is 4.31 Å². The fraction of sp³-hybridized carbons (Fsp3) is 0.643. The molecule has 1 aliphatic rings. The van der Waals surface area contributed by atoms with Crippen molar-refractivity contribution in [2.45, 2.75) is 38.1 Å². The van der Waals surface area contributed by atoms with Crippen molar-refractivity contribution in [1.82, 2.24) is 9.29 Å². The standard InChI is InChI=1S/C14H21BrN2O2S/c15-12-14-7-2-1-5-10-17(14)20(18,19)11-8-13-6-3-4-9-16-13/h3-4,6,9,14H,1-2,5,7-8,10-12H2.